The summed E-state index contributed by atoms with van der Waals surface area (Å²) in [6.07, 6.45) is 2.13. The van der Waals surface area contributed by atoms with E-state index in [0.29, 0.717) is 12.2 Å². The largest absolute Gasteiger partial charge is 0.426 e. The number of nitrogens with zero attached hydrogens (tertiary/aromatic N) is 1. The second-order valence-electron chi connectivity index (χ2n) is 6.67. The Kier molecular flexibility index (Phi) is 8.54. The van der Waals surface area contributed by atoms with Crippen molar-refractivity contribution >= 4 is 33.9 Å². The molecule has 0 heterocycles. The van der Waals surface area contributed by atoms with E-state index in [1.54, 1.807) is 32.2 Å². The van der Waals surface area contributed by atoms with Gasteiger partial charge in [0.25, 0.3) is 0 Å². The van der Waals surface area contributed by atoms with Crippen molar-refractivity contribution in [3.8, 4) is 5.75 Å². The third-order valence-corrected chi connectivity index (χ3v) is 4.45. The molecule has 1 unspecified atom stereocenters. The van der Waals surface area contributed by atoms with E-state index >= 15 is 0 Å². The number of hydrogen-bond donors (Lipinski definition) is 0. The molecule has 2 aromatic carbocycles. The lowest BCUT2D eigenvalue weighted by molar-refractivity contribution is -0.137. The molecule has 1 atom stereocenters. The Morgan fingerprint density at radius 1 is 1.14 bits per heavy atom. The minimum Gasteiger partial charge on any atom is -0.426 e. The quantitative estimate of drug-likeness (QED) is 0.328. The summed E-state index contributed by atoms with van der Waals surface area (Å²) < 4.78 is 11.2. The number of methoxy groups -OCH3 is 1. The molecule has 6 heteroatoms. The Morgan fingerprint density at radius 2 is 1.86 bits per heavy atom. The highest BCUT2D eigenvalue weighted by Crippen LogP contribution is 2.16. The van der Waals surface area contributed by atoms with Crippen LogP contribution in [0.4, 0.5) is 0 Å². The van der Waals surface area contributed by atoms with Crippen LogP contribution in [0.3, 0.4) is 0 Å². The number of hydrogen-bond acceptors (Lipinski definition) is 5. The molecule has 5 nitrogen and oxygen atoms in total. The van der Waals surface area contributed by atoms with Gasteiger partial charge < -0.3 is 9.47 Å². The Bertz CT molecular complexity index is 831. The molecule has 0 saturated heterocycles. The van der Waals surface area contributed by atoms with E-state index in [1.807, 2.05) is 36.4 Å². The van der Waals surface area contributed by atoms with Crippen LogP contribution in [-0.2, 0) is 20.7 Å². The minimum absolute atomic E-state index is 0.00454. The number of Topliss-reactive ketones (excluding diaryl/α,β-unsaturated/α-hetero) is 1. The van der Waals surface area contributed by atoms with Crippen LogP contribution >= 0.6 is 15.9 Å². The Hall–Kier alpha value is -2.31. The Labute approximate surface area is 173 Å². The standard InChI is InChI=1S/C22H24BrNO4/c1-15(2)22(26)28-19-9-7-16(8-10-19)12-20(21(25)14-27-3)24-13-17-5-4-6-18(23)11-17/h4-11,13,15,20H,12,14H2,1-3H3. The van der Waals surface area contributed by atoms with Crippen molar-refractivity contribution in [1.29, 1.82) is 0 Å². The summed E-state index contributed by atoms with van der Waals surface area (Å²) in [4.78, 5) is 28.6. The van der Waals surface area contributed by atoms with Crippen molar-refractivity contribution in [2.75, 3.05) is 13.7 Å². The van der Waals surface area contributed by atoms with Crippen LogP contribution in [0.25, 0.3) is 0 Å². The first-order valence-corrected chi connectivity index (χ1v) is 9.79. The molecule has 0 aliphatic rings. The van der Waals surface area contributed by atoms with Crippen molar-refractivity contribution in [3.63, 3.8) is 0 Å². The highest BCUT2D eigenvalue weighted by atomic mass is 79.9. The fourth-order valence-electron chi connectivity index (χ4n) is 2.40. The topological polar surface area (TPSA) is 65.0 Å². The van der Waals surface area contributed by atoms with Gasteiger partial charge >= 0.3 is 5.97 Å². The third-order valence-electron chi connectivity index (χ3n) is 3.95. The van der Waals surface area contributed by atoms with E-state index < -0.39 is 6.04 Å². The zero-order valence-corrected chi connectivity index (χ0v) is 17.8. The zero-order valence-electron chi connectivity index (χ0n) is 16.2. The van der Waals surface area contributed by atoms with Gasteiger partial charge in [-0.15, -0.1) is 0 Å². The maximum atomic E-state index is 12.4. The van der Waals surface area contributed by atoms with Gasteiger partial charge in [-0.05, 0) is 35.4 Å². The molecule has 0 amide bonds. The SMILES string of the molecule is COCC(=O)C(Cc1ccc(OC(=O)C(C)C)cc1)N=Cc1cccc(Br)c1. The van der Waals surface area contributed by atoms with E-state index in [9.17, 15) is 9.59 Å². The molecule has 0 N–H and O–H groups in total. The first kappa shape index (κ1) is 22.0. The Morgan fingerprint density at radius 3 is 2.46 bits per heavy atom. The number of aliphatic imine (C=N–C) groups is 1. The number of benzene rings is 2. The molecule has 0 aromatic heterocycles. The number of carbonyl (C=O) groups is 2. The molecule has 0 fully saturated rings. The fourth-order valence-corrected chi connectivity index (χ4v) is 2.82. The van der Waals surface area contributed by atoms with Gasteiger partial charge in [0.2, 0.25) is 0 Å². The van der Waals surface area contributed by atoms with Crippen LogP contribution < -0.4 is 4.74 Å². The first-order valence-electron chi connectivity index (χ1n) is 9.00. The van der Waals surface area contributed by atoms with Crippen molar-refractivity contribution in [1.82, 2.24) is 0 Å². The molecule has 0 aliphatic heterocycles. The van der Waals surface area contributed by atoms with Crippen molar-refractivity contribution in [2.24, 2.45) is 10.9 Å². The molecule has 148 valence electrons. The molecule has 0 aliphatic carbocycles. The van der Waals surface area contributed by atoms with Gasteiger partial charge in [0.05, 0.1) is 5.92 Å². The number of rotatable bonds is 9. The summed E-state index contributed by atoms with van der Waals surface area (Å²) in [7, 11) is 1.49. The van der Waals surface area contributed by atoms with Gasteiger partial charge in [-0.1, -0.05) is 54.0 Å². The van der Waals surface area contributed by atoms with Crippen LogP contribution in [0.15, 0.2) is 58.0 Å². The van der Waals surface area contributed by atoms with E-state index in [-0.39, 0.29) is 24.3 Å². The molecule has 0 radical (unpaired) electrons. The molecule has 2 aromatic rings. The highest BCUT2D eigenvalue weighted by Gasteiger charge is 2.17. The summed E-state index contributed by atoms with van der Waals surface area (Å²) in [5.74, 6) is -0.0773. The average molecular weight is 446 g/mol. The van der Waals surface area contributed by atoms with Crippen LogP contribution in [0.2, 0.25) is 0 Å². The average Bonchev–Trinajstić information content (AvgIpc) is 2.66. The second kappa shape index (κ2) is 10.9. The number of carbonyl (C=O) groups excluding carboxylic acids is 2. The van der Waals surface area contributed by atoms with Gasteiger partial charge in [-0.25, -0.2) is 0 Å². The van der Waals surface area contributed by atoms with Crippen LogP contribution in [-0.4, -0.2) is 37.7 Å². The minimum atomic E-state index is -0.553. The van der Waals surface area contributed by atoms with Gasteiger partial charge in [0.15, 0.2) is 5.78 Å². The molecular weight excluding hydrogens is 422 g/mol. The number of esters is 1. The van der Waals surface area contributed by atoms with Gasteiger partial charge in [0, 0.05) is 24.2 Å². The second-order valence-corrected chi connectivity index (χ2v) is 7.59. The Balaban J connectivity index is 2.11. The number of ketones is 1. The van der Waals surface area contributed by atoms with E-state index in [2.05, 4.69) is 20.9 Å². The van der Waals surface area contributed by atoms with Crippen LogP contribution in [0.1, 0.15) is 25.0 Å². The normalized spacial score (nSPS) is 12.3. The lowest BCUT2D eigenvalue weighted by atomic mass is 10.0. The highest BCUT2D eigenvalue weighted by molar-refractivity contribution is 9.10. The number of halogens is 1. The maximum Gasteiger partial charge on any atom is 0.313 e. The molecule has 0 spiro atoms. The fraction of sp³-hybridized carbons (Fsp3) is 0.318. The lowest BCUT2D eigenvalue weighted by Gasteiger charge is -2.12. The smallest absolute Gasteiger partial charge is 0.313 e. The van der Waals surface area contributed by atoms with Crippen LogP contribution in [0, 0.1) is 5.92 Å². The molecule has 2 rings (SSSR count). The molecular formula is C22H24BrNO4. The summed E-state index contributed by atoms with van der Waals surface area (Å²) in [5.41, 5.74) is 1.82. The molecule has 28 heavy (non-hydrogen) atoms. The first-order chi connectivity index (χ1) is 13.4. The summed E-state index contributed by atoms with van der Waals surface area (Å²) in [6.45, 7) is 3.57. The molecule has 0 bridgehead atoms. The summed E-state index contributed by atoms with van der Waals surface area (Å²) in [5, 5.41) is 0. The van der Waals surface area contributed by atoms with E-state index in [1.165, 1.54) is 7.11 Å². The predicted molar refractivity (Wildman–Crippen MR) is 113 cm³/mol. The van der Waals surface area contributed by atoms with E-state index in [0.717, 1.165) is 15.6 Å². The van der Waals surface area contributed by atoms with Crippen molar-refractivity contribution < 1.29 is 19.1 Å². The third kappa shape index (κ3) is 7.02. The molecule has 0 saturated carbocycles. The lowest BCUT2D eigenvalue weighted by Crippen LogP contribution is -2.25. The van der Waals surface area contributed by atoms with E-state index in [4.69, 9.17) is 9.47 Å². The van der Waals surface area contributed by atoms with Gasteiger partial charge in [-0.3, -0.25) is 14.6 Å². The number of ether oxygens (including phenoxy) is 2. The van der Waals surface area contributed by atoms with Crippen molar-refractivity contribution in [3.05, 3.63) is 64.1 Å². The van der Waals surface area contributed by atoms with Crippen molar-refractivity contribution in [2.45, 2.75) is 26.3 Å². The monoisotopic (exact) mass is 445 g/mol. The van der Waals surface area contributed by atoms with Gasteiger partial charge in [0.1, 0.15) is 18.4 Å². The van der Waals surface area contributed by atoms with Gasteiger partial charge in [-0.2, -0.15) is 0 Å². The van der Waals surface area contributed by atoms with Crippen LogP contribution in [0.5, 0.6) is 5.75 Å². The maximum absolute atomic E-state index is 12.4. The zero-order chi connectivity index (χ0) is 20.5. The summed E-state index contributed by atoms with van der Waals surface area (Å²) in [6, 6.07) is 14.3. The predicted octanol–water partition coefficient (Wildman–Crippen LogP) is 4.26. The summed E-state index contributed by atoms with van der Waals surface area (Å²) >= 11 is 3.42.